The molecule has 1 fully saturated rings. The van der Waals surface area contributed by atoms with Gasteiger partial charge in [-0.25, -0.2) is 23.7 Å². The van der Waals surface area contributed by atoms with Crippen molar-refractivity contribution in [3.8, 4) is 0 Å². The number of aromatic nitrogens is 3. The van der Waals surface area contributed by atoms with Crippen molar-refractivity contribution in [3.63, 3.8) is 0 Å². The Morgan fingerprint density at radius 1 is 1.23 bits per heavy atom. The number of rotatable bonds is 4. The zero-order valence-corrected chi connectivity index (χ0v) is 14.6. The molecule has 2 aromatic heterocycles. The van der Waals surface area contributed by atoms with E-state index >= 15 is 0 Å². The number of hydrogen-bond donors (Lipinski definition) is 2. The standard InChI is InChI=1S/C17H15ClF2N6/c1-21-9-6-26(7-9)17-11(19)5-13-15(25-17)16(23-8-22-13)24-12-4-2-3-10(18)14(12)20/h2-5,8-9,21H,6-7H2,1H3,(H,22,23,24). The Morgan fingerprint density at radius 2 is 2.04 bits per heavy atom. The average Bonchev–Trinajstić information content (AvgIpc) is 2.59. The average molecular weight is 377 g/mol. The lowest BCUT2D eigenvalue weighted by atomic mass is 10.1. The monoisotopic (exact) mass is 376 g/mol. The molecule has 0 saturated carbocycles. The van der Waals surface area contributed by atoms with Crippen molar-refractivity contribution in [2.45, 2.75) is 6.04 Å². The Kier molecular flexibility index (Phi) is 4.29. The van der Waals surface area contributed by atoms with E-state index in [-0.39, 0.29) is 22.3 Å². The van der Waals surface area contributed by atoms with Gasteiger partial charge in [0.2, 0.25) is 0 Å². The minimum absolute atomic E-state index is 0.00765. The summed E-state index contributed by atoms with van der Waals surface area (Å²) >= 11 is 5.81. The zero-order chi connectivity index (χ0) is 18.3. The number of benzene rings is 1. The predicted octanol–water partition coefficient (Wildman–Crippen LogP) is 3.11. The maximum atomic E-state index is 14.4. The lowest BCUT2D eigenvalue weighted by Crippen LogP contribution is -2.57. The maximum Gasteiger partial charge on any atom is 0.167 e. The molecule has 0 radical (unpaired) electrons. The molecule has 3 aromatic rings. The first-order valence-corrected chi connectivity index (χ1v) is 8.39. The molecule has 134 valence electrons. The highest BCUT2D eigenvalue weighted by Crippen LogP contribution is 2.30. The van der Waals surface area contributed by atoms with Crippen molar-refractivity contribution in [2.24, 2.45) is 0 Å². The van der Waals surface area contributed by atoms with Gasteiger partial charge in [-0.1, -0.05) is 17.7 Å². The molecule has 4 rings (SSSR count). The number of nitrogens with one attached hydrogen (secondary N) is 2. The van der Waals surface area contributed by atoms with Crippen molar-refractivity contribution in [3.05, 3.63) is 47.2 Å². The molecule has 0 aliphatic carbocycles. The van der Waals surface area contributed by atoms with E-state index in [1.165, 1.54) is 24.5 Å². The largest absolute Gasteiger partial charge is 0.351 e. The summed E-state index contributed by atoms with van der Waals surface area (Å²) in [7, 11) is 1.86. The summed E-state index contributed by atoms with van der Waals surface area (Å²) in [6, 6.07) is 6.22. The molecule has 6 nitrogen and oxygen atoms in total. The van der Waals surface area contributed by atoms with Crippen LogP contribution in [0.2, 0.25) is 5.02 Å². The highest BCUT2D eigenvalue weighted by molar-refractivity contribution is 6.31. The van der Waals surface area contributed by atoms with Crippen molar-refractivity contribution < 1.29 is 8.78 Å². The molecule has 9 heteroatoms. The molecule has 1 saturated heterocycles. The number of halogens is 3. The highest BCUT2D eigenvalue weighted by Gasteiger charge is 2.29. The smallest absolute Gasteiger partial charge is 0.167 e. The Morgan fingerprint density at radius 3 is 2.81 bits per heavy atom. The first-order valence-electron chi connectivity index (χ1n) is 8.01. The van der Waals surface area contributed by atoms with Gasteiger partial charge < -0.3 is 15.5 Å². The third kappa shape index (κ3) is 2.91. The van der Waals surface area contributed by atoms with Gasteiger partial charge in [-0.2, -0.15) is 0 Å². The van der Waals surface area contributed by atoms with Crippen molar-refractivity contribution in [1.29, 1.82) is 0 Å². The number of fused-ring (bicyclic) bond motifs is 1. The van der Waals surface area contributed by atoms with Crippen LogP contribution in [0.15, 0.2) is 30.6 Å². The van der Waals surface area contributed by atoms with Crippen LogP contribution >= 0.6 is 11.6 Å². The van der Waals surface area contributed by atoms with Gasteiger partial charge in [0.05, 0.1) is 16.2 Å². The van der Waals surface area contributed by atoms with Gasteiger partial charge in [0.1, 0.15) is 11.8 Å². The minimum atomic E-state index is -0.595. The number of pyridine rings is 1. The van der Waals surface area contributed by atoms with Crippen molar-refractivity contribution in [1.82, 2.24) is 20.3 Å². The fraction of sp³-hybridized carbons (Fsp3) is 0.235. The summed E-state index contributed by atoms with van der Waals surface area (Å²) in [6.07, 6.45) is 1.27. The second kappa shape index (κ2) is 6.62. The van der Waals surface area contributed by atoms with Gasteiger partial charge in [-0.3, -0.25) is 0 Å². The molecule has 3 heterocycles. The second-order valence-corrected chi connectivity index (χ2v) is 6.41. The first-order chi connectivity index (χ1) is 12.6. The lowest BCUT2D eigenvalue weighted by molar-refractivity contribution is 0.439. The Bertz CT molecular complexity index is 977. The molecule has 0 unspecified atom stereocenters. The van der Waals surface area contributed by atoms with Crippen LogP contribution in [-0.4, -0.2) is 41.1 Å². The molecule has 1 aliphatic rings. The van der Waals surface area contributed by atoms with Gasteiger partial charge in [0.15, 0.2) is 23.3 Å². The molecular formula is C17H15ClF2N6. The van der Waals surface area contributed by atoms with Crippen LogP contribution < -0.4 is 15.5 Å². The number of hydrogen-bond acceptors (Lipinski definition) is 6. The Balaban J connectivity index is 1.74. The summed E-state index contributed by atoms with van der Waals surface area (Å²) in [4.78, 5) is 14.4. The minimum Gasteiger partial charge on any atom is -0.351 e. The molecule has 0 spiro atoms. The van der Waals surface area contributed by atoms with E-state index in [2.05, 4.69) is 25.6 Å². The molecule has 0 amide bonds. The van der Waals surface area contributed by atoms with Crippen LogP contribution in [0, 0.1) is 11.6 Å². The number of likely N-dealkylation sites (N-methyl/N-ethyl adjacent to an activating group) is 1. The first kappa shape index (κ1) is 16.9. The van der Waals surface area contributed by atoms with Gasteiger partial charge in [-0.15, -0.1) is 0 Å². The summed E-state index contributed by atoms with van der Waals surface area (Å²) in [6.45, 7) is 1.32. The van der Waals surface area contributed by atoms with E-state index in [4.69, 9.17) is 11.6 Å². The van der Waals surface area contributed by atoms with E-state index in [1.807, 2.05) is 11.9 Å². The van der Waals surface area contributed by atoms with Gasteiger partial charge in [0.25, 0.3) is 0 Å². The van der Waals surface area contributed by atoms with Crippen molar-refractivity contribution >= 4 is 40.0 Å². The van der Waals surface area contributed by atoms with E-state index in [0.717, 1.165) is 0 Å². The predicted molar refractivity (Wildman–Crippen MR) is 97.0 cm³/mol. The Hall–Kier alpha value is -2.58. The third-order valence-corrected chi connectivity index (χ3v) is 4.63. The number of nitrogens with zero attached hydrogens (tertiary/aromatic N) is 4. The molecule has 2 N–H and O–H groups in total. The summed E-state index contributed by atoms with van der Waals surface area (Å²) in [5, 5.41) is 5.99. The summed E-state index contributed by atoms with van der Waals surface area (Å²) < 4.78 is 28.6. The molecule has 1 aromatic carbocycles. The summed E-state index contributed by atoms with van der Waals surface area (Å²) in [5.41, 5.74) is 0.845. The second-order valence-electron chi connectivity index (χ2n) is 6.00. The molecule has 1 aliphatic heterocycles. The van der Waals surface area contributed by atoms with Crippen LogP contribution in [0.5, 0.6) is 0 Å². The van der Waals surface area contributed by atoms with Crippen molar-refractivity contribution in [2.75, 3.05) is 30.4 Å². The topological polar surface area (TPSA) is 66.0 Å². The SMILES string of the molecule is CNC1CN(c2nc3c(Nc4cccc(Cl)c4F)ncnc3cc2F)C1. The molecule has 0 bridgehead atoms. The fourth-order valence-corrected chi connectivity index (χ4v) is 3.00. The van der Waals surface area contributed by atoms with Gasteiger partial charge >= 0.3 is 0 Å². The fourth-order valence-electron chi connectivity index (χ4n) is 2.83. The third-order valence-electron chi connectivity index (χ3n) is 4.34. The van der Waals surface area contributed by atoms with Gasteiger partial charge in [0, 0.05) is 25.2 Å². The molecule has 26 heavy (non-hydrogen) atoms. The Labute approximate surface area is 153 Å². The lowest BCUT2D eigenvalue weighted by Gasteiger charge is -2.40. The van der Waals surface area contributed by atoms with Gasteiger partial charge in [-0.05, 0) is 19.2 Å². The van der Waals surface area contributed by atoms with Crippen LogP contribution in [0.4, 0.5) is 26.1 Å². The number of anilines is 3. The van der Waals surface area contributed by atoms with Crippen LogP contribution in [0.1, 0.15) is 0 Å². The van der Waals surface area contributed by atoms with E-state index in [0.29, 0.717) is 30.2 Å². The molecular weight excluding hydrogens is 362 g/mol. The quantitative estimate of drug-likeness (QED) is 0.729. The van der Waals surface area contributed by atoms with E-state index in [1.54, 1.807) is 6.07 Å². The highest BCUT2D eigenvalue weighted by atomic mass is 35.5. The summed E-state index contributed by atoms with van der Waals surface area (Å²) in [5.74, 6) is -0.537. The zero-order valence-electron chi connectivity index (χ0n) is 13.8. The maximum absolute atomic E-state index is 14.4. The normalized spacial score (nSPS) is 14.5. The van der Waals surface area contributed by atoms with Crippen LogP contribution in [0.3, 0.4) is 0 Å². The van der Waals surface area contributed by atoms with Crippen LogP contribution in [0.25, 0.3) is 11.0 Å². The molecule has 0 atom stereocenters. The van der Waals surface area contributed by atoms with E-state index in [9.17, 15) is 8.78 Å². The van der Waals surface area contributed by atoms with Crippen LogP contribution in [-0.2, 0) is 0 Å². The van der Waals surface area contributed by atoms with E-state index < -0.39 is 11.6 Å².